The predicted molar refractivity (Wildman–Crippen MR) is 125 cm³/mol. The number of guanidine groups is 1. The number of nitrogens with one attached hydrogen (secondary N) is 3. The number of rotatable bonds is 11. The normalized spacial score (nSPS) is 14.9. The summed E-state index contributed by atoms with van der Waals surface area (Å²) in [4.78, 5) is 16.4. The molecule has 0 bridgehead atoms. The van der Waals surface area contributed by atoms with E-state index in [0.29, 0.717) is 24.8 Å². The molecule has 164 valence electrons. The van der Waals surface area contributed by atoms with E-state index in [1.165, 1.54) is 18.6 Å². The first kappa shape index (κ1) is 25.5. The Morgan fingerprint density at radius 3 is 2.62 bits per heavy atom. The maximum Gasteiger partial charge on any atom is 0.223 e. The molecule has 1 atom stereocenters. The maximum atomic E-state index is 13.3. The van der Waals surface area contributed by atoms with Crippen LogP contribution in [0.5, 0.6) is 5.75 Å². The summed E-state index contributed by atoms with van der Waals surface area (Å²) >= 11 is 0. The van der Waals surface area contributed by atoms with Crippen molar-refractivity contribution < 1.29 is 13.9 Å². The Balaban J connectivity index is 0.00000420. The van der Waals surface area contributed by atoms with Crippen molar-refractivity contribution in [3.63, 3.8) is 0 Å². The Morgan fingerprint density at radius 2 is 2.00 bits per heavy atom. The van der Waals surface area contributed by atoms with Crippen LogP contribution < -0.4 is 20.7 Å². The molecule has 1 saturated carbocycles. The lowest BCUT2D eigenvalue weighted by atomic mass is 9.85. The summed E-state index contributed by atoms with van der Waals surface area (Å²) in [5.41, 5.74) is 0. The molecular formula is C21H34FIN4O2. The standard InChI is InChI=1S/C21H33FN4O2.HI/c1-3-18(28-19-11-6-10-17(22)14-19)15-26-21(23-4-2)25-13-7-12-24-20(27)16-8-5-9-16;/h6,10-11,14,16,18H,3-5,7-9,12-13,15H2,1-2H3,(H,24,27)(H2,23,25,26);1H. The third-order valence-electron chi connectivity index (χ3n) is 4.77. The van der Waals surface area contributed by atoms with Gasteiger partial charge in [0.1, 0.15) is 17.7 Å². The van der Waals surface area contributed by atoms with E-state index in [4.69, 9.17) is 4.74 Å². The van der Waals surface area contributed by atoms with Gasteiger partial charge in [-0.15, -0.1) is 24.0 Å². The summed E-state index contributed by atoms with van der Waals surface area (Å²) in [6, 6.07) is 6.16. The van der Waals surface area contributed by atoms with Crippen LogP contribution in [-0.4, -0.2) is 44.1 Å². The van der Waals surface area contributed by atoms with Crippen molar-refractivity contribution >= 4 is 35.8 Å². The number of hydrogen-bond donors (Lipinski definition) is 3. The van der Waals surface area contributed by atoms with Crippen LogP contribution in [0.15, 0.2) is 29.3 Å². The van der Waals surface area contributed by atoms with Gasteiger partial charge in [0.05, 0.1) is 6.54 Å². The molecular weight excluding hydrogens is 486 g/mol. The smallest absolute Gasteiger partial charge is 0.223 e. The number of carbonyl (C=O) groups excluding carboxylic acids is 1. The Kier molecular flexibility index (Phi) is 12.6. The van der Waals surface area contributed by atoms with E-state index >= 15 is 0 Å². The first-order valence-corrected chi connectivity index (χ1v) is 10.3. The molecule has 1 unspecified atom stereocenters. The number of aliphatic imine (C=N–C) groups is 1. The van der Waals surface area contributed by atoms with Gasteiger partial charge in [-0.05, 0) is 44.7 Å². The molecule has 1 aliphatic rings. The van der Waals surface area contributed by atoms with Crippen LogP contribution >= 0.6 is 24.0 Å². The van der Waals surface area contributed by atoms with Gasteiger partial charge in [0.25, 0.3) is 0 Å². The molecule has 0 saturated heterocycles. The number of hydrogen-bond acceptors (Lipinski definition) is 3. The lowest BCUT2D eigenvalue weighted by molar-refractivity contribution is -0.127. The zero-order valence-electron chi connectivity index (χ0n) is 17.4. The highest BCUT2D eigenvalue weighted by Crippen LogP contribution is 2.26. The second kappa shape index (κ2) is 14.4. The molecule has 1 fully saturated rings. The Hall–Kier alpha value is -1.58. The fourth-order valence-corrected chi connectivity index (χ4v) is 2.84. The first-order valence-electron chi connectivity index (χ1n) is 10.3. The largest absolute Gasteiger partial charge is 0.488 e. The van der Waals surface area contributed by atoms with Crippen molar-refractivity contribution in [1.82, 2.24) is 16.0 Å². The number of nitrogens with zero attached hydrogens (tertiary/aromatic N) is 1. The molecule has 2 rings (SSSR count). The molecule has 0 spiro atoms. The third-order valence-corrected chi connectivity index (χ3v) is 4.77. The molecule has 29 heavy (non-hydrogen) atoms. The van der Waals surface area contributed by atoms with Crippen molar-refractivity contribution in [3.8, 4) is 5.75 Å². The van der Waals surface area contributed by atoms with E-state index in [1.807, 2.05) is 13.8 Å². The molecule has 0 heterocycles. The van der Waals surface area contributed by atoms with Crippen molar-refractivity contribution in [3.05, 3.63) is 30.1 Å². The average molecular weight is 520 g/mol. The minimum absolute atomic E-state index is 0. The van der Waals surface area contributed by atoms with Gasteiger partial charge in [0.2, 0.25) is 5.91 Å². The molecule has 1 amide bonds. The summed E-state index contributed by atoms with van der Waals surface area (Å²) in [7, 11) is 0. The van der Waals surface area contributed by atoms with Crippen molar-refractivity contribution in [2.24, 2.45) is 10.9 Å². The van der Waals surface area contributed by atoms with Crippen LogP contribution in [0.2, 0.25) is 0 Å². The fraction of sp³-hybridized carbons (Fsp3) is 0.619. The highest BCUT2D eigenvalue weighted by atomic mass is 127. The Bertz CT molecular complexity index is 641. The minimum Gasteiger partial charge on any atom is -0.488 e. The van der Waals surface area contributed by atoms with E-state index in [1.54, 1.807) is 12.1 Å². The average Bonchev–Trinajstić information content (AvgIpc) is 2.63. The number of carbonyl (C=O) groups is 1. The highest BCUT2D eigenvalue weighted by molar-refractivity contribution is 14.0. The molecule has 6 nitrogen and oxygen atoms in total. The summed E-state index contributed by atoms with van der Waals surface area (Å²) in [5.74, 6) is 1.34. The highest BCUT2D eigenvalue weighted by Gasteiger charge is 2.24. The van der Waals surface area contributed by atoms with Gasteiger partial charge in [-0.3, -0.25) is 4.79 Å². The Morgan fingerprint density at radius 1 is 1.24 bits per heavy atom. The number of ether oxygens (including phenoxy) is 1. The zero-order chi connectivity index (χ0) is 20.2. The minimum atomic E-state index is -0.310. The van der Waals surface area contributed by atoms with Crippen LogP contribution in [0, 0.1) is 11.7 Å². The SMILES string of the molecule is CCNC(=NCC(CC)Oc1cccc(F)c1)NCCCNC(=O)C1CCC1.I. The summed E-state index contributed by atoms with van der Waals surface area (Å²) in [5, 5.41) is 9.47. The monoisotopic (exact) mass is 520 g/mol. The molecule has 8 heteroatoms. The quantitative estimate of drug-likeness (QED) is 0.181. The number of benzene rings is 1. The molecule has 3 N–H and O–H groups in total. The van der Waals surface area contributed by atoms with E-state index in [9.17, 15) is 9.18 Å². The molecule has 1 aromatic rings. The van der Waals surface area contributed by atoms with E-state index < -0.39 is 0 Å². The van der Waals surface area contributed by atoms with Crippen LogP contribution in [-0.2, 0) is 4.79 Å². The third kappa shape index (κ3) is 9.64. The van der Waals surface area contributed by atoms with E-state index in [-0.39, 0.29) is 47.7 Å². The van der Waals surface area contributed by atoms with Crippen LogP contribution in [0.25, 0.3) is 0 Å². The molecule has 1 aliphatic carbocycles. The van der Waals surface area contributed by atoms with Gasteiger partial charge in [-0.1, -0.05) is 19.4 Å². The second-order valence-corrected chi connectivity index (χ2v) is 7.02. The summed E-state index contributed by atoms with van der Waals surface area (Å²) in [6.45, 7) is 6.65. The molecule has 0 aromatic heterocycles. The Labute approximate surface area is 190 Å². The van der Waals surface area contributed by atoms with Crippen LogP contribution in [0.3, 0.4) is 0 Å². The van der Waals surface area contributed by atoms with E-state index in [0.717, 1.165) is 38.8 Å². The predicted octanol–water partition coefficient (Wildman–Crippen LogP) is 3.46. The van der Waals surface area contributed by atoms with Gasteiger partial charge in [-0.25, -0.2) is 9.38 Å². The van der Waals surface area contributed by atoms with Gasteiger partial charge in [-0.2, -0.15) is 0 Å². The maximum absolute atomic E-state index is 13.3. The van der Waals surface area contributed by atoms with Gasteiger partial charge in [0.15, 0.2) is 5.96 Å². The second-order valence-electron chi connectivity index (χ2n) is 7.02. The van der Waals surface area contributed by atoms with E-state index in [2.05, 4.69) is 20.9 Å². The summed E-state index contributed by atoms with van der Waals surface area (Å²) in [6.07, 6.45) is 4.70. The van der Waals surface area contributed by atoms with Crippen molar-refractivity contribution in [2.75, 3.05) is 26.2 Å². The number of amides is 1. The first-order chi connectivity index (χ1) is 13.6. The van der Waals surface area contributed by atoms with Crippen molar-refractivity contribution in [2.45, 2.75) is 52.1 Å². The van der Waals surface area contributed by atoms with Crippen LogP contribution in [0.4, 0.5) is 4.39 Å². The van der Waals surface area contributed by atoms with Crippen LogP contribution in [0.1, 0.15) is 46.0 Å². The molecule has 0 aliphatic heterocycles. The van der Waals surface area contributed by atoms with Gasteiger partial charge in [0, 0.05) is 31.6 Å². The van der Waals surface area contributed by atoms with Gasteiger partial charge >= 0.3 is 0 Å². The number of halogens is 2. The lowest BCUT2D eigenvalue weighted by Crippen LogP contribution is -2.40. The van der Waals surface area contributed by atoms with Crippen molar-refractivity contribution in [1.29, 1.82) is 0 Å². The molecule has 0 radical (unpaired) electrons. The van der Waals surface area contributed by atoms with Gasteiger partial charge < -0.3 is 20.7 Å². The lowest BCUT2D eigenvalue weighted by Gasteiger charge is -2.24. The molecule has 1 aromatic carbocycles. The fourth-order valence-electron chi connectivity index (χ4n) is 2.84. The summed E-state index contributed by atoms with van der Waals surface area (Å²) < 4.78 is 19.1. The topological polar surface area (TPSA) is 74.8 Å². The zero-order valence-corrected chi connectivity index (χ0v) is 19.7.